The number of anilines is 2. The smallest absolute Gasteiger partial charge is 0.148 e. The van der Waals surface area contributed by atoms with Crippen LogP contribution in [0.2, 0.25) is 0 Å². The number of aromatic nitrogens is 2. The predicted molar refractivity (Wildman–Crippen MR) is 77.7 cm³/mol. The monoisotopic (exact) mass is 281 g/mol. The molecule has 0 bridgehead atoms. The number of hydrazine groups is 1. The standard InChI is InChI=1S/C13H23N5O2/c1-8-11(15-6-10(20-3)7-19-2)16-13(9-4-5-9)17-12(8)18-14/h9-10H,4-7,14H2,1-3H3,(H2,15,16,17,18). The molecule has 1 heterocycles. The Morgan fingerprint density at radius 3 is 2.55 bits per heavy atom. The van der Waals surface area contributed by atoms with Gasteiger partial charge < -0.3 is 20.2 Å². The number of nitrogens with zero attached hydrogens (tertiary/aromatic N) is 2. The van der Waals surface area contributed by atoms with Gasteiger partial charge in [-0.15, -0.1) is 0 Å². The molecule has 1 aromatic heterocycles. The maximum atomic E-state index is 5.53. The van der Waals surface area contributed by atoms with Gasteiger partial charge in [-0.1, -0.05) is 0 Å². The summed E-state index contributed by atoms with van der Waals surface area (Å²) in [6.45, 7) is 3.09. The Morgan fingerprint density at radius 2 is 2.00 bits per heavy atom. The first-order valence-corrected chi connectivity index (χ1v) is 6.80. The minimum atomic E-state index is -0.0203. The summed E-state index contributed by atoms with van der Waals surface area (Å²) in [6, 6.07) is 0. The van der Waals surface area contributed by atoms with E-state index in [2.05, 4.69) is 20.7 Å². The zero-order valence-electron chi connectivity index (χ0n) is 12.3. The van der Waals surface area contributed by atoms with Gasteiger partial charge in [0.25, 0.3) is 0 Å². The third-order valence-electron chi connectivity index (χ3n) is 3.43. The first-order chi connectivity index (χ1) is 9.69. The van der Waals surface area contributed by atoms with Gasteiger partial charge in [-0.2, -0.15) is 0 Å². The molecule has 0 aliphatic heterocycles. The molecule has 1 aromatic rings. The van der Waals surface area contributed by atoms with Crippen LogP contribution in [-0.4, -0.2) is 43.4 Å². The van der Waals surface area contributed by atoms with E-state index in [1.54, 1.807) is 14.2 Å². The van der Waals surface area contributed by atoms with E-state index in [1.165, 1.54) is 0 Å². The lowest BCUT2D eigenvalue weighted by atomic mass is 10.2. The van der Waals surface area contributed by atoms with E-state index in [9.17, 15) is 0 Å². The molecule has 1 atom stereocenters. The summed E-state index contributed by atoms with van der Waals surface area (Å²) < 4.78 is 10.4. The number of hydrogen-bond donors (Lipinski definition) is 3. The van der Waals surface area contributed by atoms with Crippen LogP contribution >= 0.6 is 0 Å². The normalized spacial score (nSPS) is 16.0. The minimum Gasteiger partial charge on any atom is -0.382 e. The van der Waals surface area contributed by atoms with Crippen LogP contribution in [0.3, 0.4) is 0 Å². The van der Waals surface area contributed by atoms with E-state index in [1.807, 2.05) is 6.92 Å². The molecule has 2 rings (SSSR count). The van der Waals surface area contributed by atoms with Crippen molar-refractivity contribution in [2.24, 2.45) is 5.84 Å². The Hall–Kier alpha value is -1.44. The molecule has 112 valence electrons. The highest BCUT2D eigenvalue weighted by atomic mass is 16.5. The van der Waals surface area contributed by atoms with Crippen LogP contribution < -0.4 is 16.6 Å². The SMILES string of the molecule is COCC(CNc1nc(C2CC2)nc(NN)c1C)OC. The van der Waals surface area contributed by atoms with Crippen molar-refractivity contribution in [2.75, 3.05) is 38.1 Å². The first-order valence-electron chi connectivity index (χ1n) is 6.80. The number of nitrogen functional groups attached to an aromatic ring is 1. The first kappa shape index (κ1) is 15.0. The number of nitrogens with two attached hydrogens (primary N) is 1. The Kier molecular flexibility index (Phi) is 5.11. The van der Waals surface area contributed by atoms with Crippen molar-refractivity contribution < 1.29 is 9.47 Å². The second-order valence-electron chi connectivity index (χ2n) is 5.02. The van der Waals surface area contributed by atoms with Crippen LogP contribution in [0, 0.1) is 6.92 Å². The van der Waals surface area contributed by atoms with E-state index >= 15 is 0 Å². The number of ether oxygens (including phenoxy) is 2. The molecular weight excluding hydrogens is 258 g/mol. The highest BCUT2D eigenvalue weighted by Crippen LogP contribution is 2.39. The van der Waals surface area contributed by atoms with E-state index in [0.29, 0.717) is 24.9 Å². The molecule has 7 nitrogen and oxygen atoms in total. The lowest BCUT2D eigenvalue weighted by Gasteiger charge is -2.18. The van der Waals surface area contributed by atoms with Crippen molar-refractivity contribution in [2.45, 2.75) is 31.8 Å². The summed E-state index contributed by atoms with van der Waals surface area (Å²) in [7, 11) is 3.32. The van der Waals surface area contributed by atoms with Gasteiger partial charge in [0.1, 0.15) is 17.5 Å². The Bertz CT molecular complexity index is 451. The predicted octanol–water partition coefficient (Wildman–Crippen LogP) is 1.02. The largest absolute Gasteiger partial charge is 0.382 e. The fourth-order valence-electron chi connectivity index (χ4n) is 1.98. The second kappa shape index (κ2) is 6.83. The molecule has 0 radical (unpaired) electrons. The maximum absolute atomic E-state index is 5.53. The van der Waals surface area contributed by atoms with Crippen molar-refractivity contribution in [3.63, 3.8) is 0 Å². The van der Waals surface area contributed by atoms with Gasteiger partial charge in [0.05, 0.1) is 12.7 Å². The van der Waals surface area contributed by atoms with Crippen molar-refractivity contribution >= 4 is 11.6 Å². The molecule has 20 heavy (non-hydrogen) atoms. The summed E-state index contributed by atoms with van der Waals surface area (Å²) in [4.78, 5) is 9.05. The molecular formula is C13H23N5O2. The minimum absolute atomic E-state index is 0.0203. The Balaban J connectivity index is 2.10. The van der Waals surface area contributed by atoms with Gasteiger partial charge in [0.15, 0.2) is 0 Å². The fraction of sp³-hybridized carbons (Fsp3) is 0.692. The summed E-state index contributed by atoms with van der Waals surface area (Å²) in [5, 5.41) is 3.29. The zero-order valence-corrected chi connectivity index (χ0v) is 12.3. The number of methoxy groups -OCH3 is 2. The maximum Gasteiger partial charge on any atom is 0.148 e. The van der Waals surface area contributed by atoms with Gasteiger partial charge in [0, 0.05) is 32.2 Å². The third kappa shape index (κ3) is 3.56. The van der Waals surface area contributed by atoms with Crippen molar-refractivity contribution in [1.82, 2.24) is 9.97 Å². The van der Waals surface area contributed by atoms with Crippen molar-refractivity contribution in [3.05, 3.63) is 11.4 Å². The molecule has 1 aliphatic rings. The molecule has 1 saturated carbocycles. The number of nitrogens with one attached hydrogen (secondary N) is 2. The third-order valence-corrected chi connectivity index (χ3v) is 3.43. The highest BCUT2D eigenvalue weighted by molar-refractivity contribution is 5.57. The summed E-state index contributed by atoms with van der Waals surface area (Å²) >= 11 is 0. The van der Waals surface area contributed by atoms with Crippen LogP contribution in [-0.2, 0) is 9.47 Å². The molecule has 1 aliphatic carbocycles. The molecule has 1 unspecified atom stereocenters. The van der Waals surface area contributed by atoms with Gasteiger partial charge in [0.2, 0.25) is 0 Å². The summed E-state index contributed by atoms with van der Waals surface area (Å²) in [5.41, 5.74) is 3.55. The molecule has 0 saturated heterocycles. The van der Waals surface area contributed by atoms with Gasteiger partial charge in [-0.3, -0.25) is 0 Å². The average Bonchev–Trinajstić information content (AvgIpc) is 3.29. The zero-order chi connectivity index (χ0) is 14.5. The Labute approximate surface area is 119 Å². The van der Waals surface area contributed by atoms with Gasteiger partial charge in [-0.25, -0.2) is 15.8 Å². The summed E-state index contributed by atoms with van der Waals surface area (Å²) in [5.74, 6) is 8.32. The molecule has 0 spiro atoms. The number of hydrogen-bond acceptors (Lipinski definition) is 7. The quantitative estimate of drug-likeness (QED) is 0.484. The molecule has 0 amide bonds. The van der Waals surface area contributed by atoms with Gasteiger partial charge >= 0.3 is 0 Å². The van der Waals surface area contributed by atoms with Crippen LogP contribution in [0.4, 0.5) is 11.6 Å². The highest BCUT2D eigenvalue weighted by Gasteiger charge is 2.28. The molecule has 1 fully saturated rings. The Morgan fingerprint density at radius 1 is 1.30 bits per heavy atom. The van der Waals surface area contributed by atoms with Gasteiger partial charge in [-0.05, 0) is 19.8 Å². The van der Waals surface area contributed by atoms with Crippen LogP contribution in [0.15, 0.2) is 0 Å². The van der Waals surface area contributed by atoms with Crippen LogP contribution in [0.1, 0.15) is 30.1 Å². The average molecular weight is 281 g/mol. The van der Waals surface area contributed by atoms with Crippen molar-refractivity contribution in [3.8, 4) is 0 Å². The van der Waals surface area contributed by atoms with E-state index < -0.39 is 0 Å². The summed E-state index contributed by atoms with van der Waals surface area (Å²) in [6.07, 6.45) is 2.28. The van der Waals surface area contributed by atoms with Crippen molar-refractivity contribution in [1.29, 1.82) is 0 Å². The van der Waals surface area contributed by atoms with Crippen LogP contribution in [0.25, 0.3) is 0 Å². The second-order valence-corrected chi connectivity index (χ2v) is 5.02. The van der Waals surface area contributed by atoms with E-state index in [-0.39, 0.29) is 6.10 Å². The van der Waals surface area contributed by atoms with E-state index in [0.717, 1.165) is 30.0 Å². The van der Waals surface area contributed by atoms with Crippen LogP contribution in [0.5, 0.6) is 0 Å². The molecule has 4 N–H and O–H groups in total. The lowest BCUT2D eigenvalue weighted by Crippen LogP contribution is -2.27. The molecule has 0 aromatic carbocycles. The topological polar surface area (TPSA) is 94.3 Å². The molecule has 7 heteroatoms. The van der Waals surface area contributed by atoms with E-state index in [4.69, 9.17) is 15.3 Å². The number of rotatable bonds is 8. The fourth-order valence-corrected chi connectivity index (χ4v) is 1.98. The lowest BCUT2D eigenvalue weighted by molar-refractivity contribution is 0.0365.